The Kier molecular flexibility index (Phi) is 4.10. The molecular weight excluding hydrogens is 276 g/mol. The van der Waals surface area contributed by atoms with Gasteiger partial charge in [0.1, 0.15) is 4.90 Å². The normalized spacial score (nSPS) is 11.7. The van der Waals surface area contributed by atoms with Gasteiger partial charge in [-0.2, -0.15) is 0 Å². The standard InChI is InChI=1S/C13H18N4O2S/c1-9-3-4-12(14)13(10(9)2)20(18,19)17-6-5-11-7-15-8-16-11/h3-4,7-8,17H,5-6,14H2,1-2H3,(H,15,16). The first-order chi connectivity index (χ1) is 9.42. The summed E-state index contributed by atoms with van der Waals surface area (Å²) in [5, 5.41) is 0. The van der Waals surface area contributed by atoms with E-state index in [-0.39, 0.29) is 17.1 Å². The highest BCUT2D eigenvalue weighted by Gasteiger charge is 2.20. The summed E-state index contributed by atoms with van der Waals surface area (Å²) < 4.78 is 27.2. The van der Waals surface area contributed by atoms with E-state index in [1.165, 1.54) is 0 Å². The van der Waals surface area contributed by atoms with Crippen LogP contribution in [-0.2, 0) is 16.4 Å². The minimum Gasteiger partial charge on any atom is -0.398 e. The molecule has 0 atom stereocenters. The van der Waals surface area contributed by atoms with Crippen LogP contribution in [0.4, 0.5) is 5.69 Å². The molecule has 0 spiro atoms. The molecule has 0 amide bonds. The average molecular weight is 294 g/mol. The van der Waals surface area contributed by atoms with Gasteiger partial charge in [-0.25, -0.2) is 18.1 Å². The maximum Gasteiger partial charge on any atom is 0.242 e. The smallest absolute Gasteiger partial charge is 0.242 e. The van der Waals surface area contributed by atoms with E-state index in [1.54, 1.807) is 25.5 Å². The number of rotatable bonds is 5. The van der Waals surface area contributed by atoms with Crippen molar-refractivity contribution in [2.24, 2.45) is 0 Å². The molecule has 0 unspecified atom stereocenters. The van der Waals surface area contributed by atoms with Crippen LogP contribution in [0.1, 0.15) is 16.8 Å². The average Bonchev–Trinajstić information content (AvgIpc) is 2.87. The van der Waals surface area contributed by atoms with Crippen molar-refractivity contribution in [1.29, 1.82) is 0 Å². The van der Waals surface area contributed by atoms with Gasteiger partial charge in [-0.3, -0.25) is 0 Å². The van der Waals surface area contributed by atoms with Crippen LogP contribution in [0.3, 0.4) is 0 Å². The third-order valence-corrected chi connectivity index (χ3v) is 4.88. The maximum absolute atomic E-state index is 12.3. The van der Waals surface area contributed by atoms with Gasteiger partial charge >= 0.3 is 0 Å². The number of hydrogen-bond donors (Lipinski definition) is 3. The fourth-order valence-electron chi connectivity index (χ4n) is 1.98. The number of aromatic nitrogens is 2. The van der Waals surface area contributed by atoms with E-state index >= 15 is 0 Å². The number of nitrogens with zero attached hydrogens (tertiary/aromatic N) is 1. The van der Waals surface area contributed by atoms with Gasteiger partial charge in [-0.15, -0.1) is 0 Å². The van der Waals surface area contributed by atoms with Gasteiger partial charge in [0.05, 0.1) is 12.0 Å². The Morgan fingerprint density at radius 1 is 1.35 bits per heavy atom. The third-order valence-electron chi connectivity index (χ3n) is 3.22. The summed E-state index contributed by atoms with van der Waals surface area (Å²) in [7, 11) is -3.61. The monoisotopic (exact) mass is 294 g/mol. The van der Waals surface area contributed by atoms with Crippen LogP contribution >= 0.6 is 0 Å². The topological polar surface area (TPSA) is 101 Å². The lowest BCUT2D eigenvalue weighted by molar-refractivity contribution is 0.581. The van der Waals surface area contributed by atoms with Gasteiger partial charge < -0.3 is 10.7 Å². The zero-order chi connectivity index (χ0) is 14.8. The van der Waals surface area contributed by atoms with Crippen LogP contribution in [0.2, 0.25) is 0 Å². The number of benzene rings is 1. The summed E-state index contributed by atoms with van der Waals surface area (Å²) in [4.78, 5) is 6.98. The molecule has 6 nitrogen and oxygen atoms in total. The van der Waals surface area contributed by atoms with E-state index in [2.05, 4.69) is 14.7 Å². The molecule has 1 aromatic carbocycles. The molecule has 0 aliphatic rings. The summed E-state index contributed by atoms with van der Waals surface area (Å²) in [5.74, 6) is 0. The summed E-state index contributed by atoms with van der Waals surface area (Å²) >= 11 is 0. The highest BCUT2D eigenvalue weighted by molar-refractivity contribution is 7.89. The molecule has 0 radical (unpaired) electrons. The van der Waals surface area contributed by atoms with Crippen molar-refractivity contribution in [3.05, 3.63) is 41.5 Å². The van der Waals surface area contributed by atoms with Crippen molar-refractivity contribution in [2.75, 3.05) is 12.3 Å². The van der Waals surface area contributed by atoms with Gasteiger partial charge in [0.2, 0.25) is 10.0 Å². The quantitative estimate of drug-likeness (QED) is 0.719. The first kappa shape index (κ1) is 14.5. The van der Waals surface area contributed by atoms with E-state index in [4.69, 9.17) is 5.73 Å². The molecule has 0 saturated heterocycles. The van der Waals surface area contributed by atoms with Crippen LogP contribution in [0, 0.1) is 13.8 Å². The number of H-pyrrole nitrogens is 1. The molecular formula is C13H18N4O2S. The molecule has 0 aliphatic carbocycles. The predicted octanol–water partition coefficient (Wildman–Crippen LogP) is 1.13. The maximum atomic E-state index is 12.3. The Bertz CT molecular complexity index is 693. The second kappa shape index (κ2) is 5.64. The van der Waals surface area contributed by atoms with Crippen molar-refractivity contribution in [2.45, 2.75) is 25.2 Å². The number of imidazole rings is 1. The summed E-state index contributed by atoms with van der Waals surface area (Å²) in [6.45, 7) is 3.91. The van der Waals surface area contributed by atoms with Crippen molar-refractivity contribution in [1.82, 2.24) is 14.7 Å². The Labute approximate surface area is 118 Å². The third kappa shape index (κ3) is 3.00. The Morgan fingerprint density at radius 2 is 2.10 bits per heavy atom. The van der Waals surface area contributed by atoms with Gasteiger partial charge in [-0.1, -0.05) is 6.07 Å². The highest BCUT2D eigenvalue weighted by atomic mass is 32.2. The summed E-state index contributed by atoms with van der Waals surface area (Å²) in [5.41, 5.74) is 8.53. The number of hydrogen-bond acceptors (Lipinski definition) is 4. The summed E-state index contributed by atoms with van der Waals surface area (Å²) in [6.07, 6.45) is 3.77. The zero-order valence-electron chi connectivity index (χ0n) is 11.5. The van der Waals surface area contributed by atoms with Gasteiger partial charge in [0.25, 0.3) is 0 Å². The first-order valence-corrected chi connectivity index (χ1v) is 7.72. The minimum absolute atomic E-state index is 0.169. The van der Waals surface area contributed by atoms with Crippen molar-refractivity contribution >= 4 is 15.7 Å². The lowest BCUT2D eigenvalue weighted by atomic mass is 10.1. The number of sulfonamides is 1. The molecule has 20 heavy (non-hydrogen) atoms. The van der Waals surface area contributed by atoms with E-state index in [9.17, 15) is 8.42 Å². The second-order valence-electron chi connectivity index (χ2n) is 4.65. The number of anilines is 1. The molecule has 1 heterocycles. The molecule has 2 aromatic rings. The van der Waals surface area contributed by atoms with Crippen molar-refractivity contribution in [3.8, 4) is 0 Å². The van der Waals surface area contributed by atoms with Gasteiger partial charge in [0, 0.05) is 24.9 Å². The van der Waals surface area contributed by atoms with Gasteiger partial charge in [0.15, 0.2) is 0 Å². The Hall–Kier alpha value is -1.86. The Balaban J connectivity index is 2.16. The fourth-order valence-corrected chi connectivity index (χ4v) is 3.44. The lowest BCUT2D eigenvalue weighted by Crippen LogP contribution is -2.27. The molecule has 0 aliphatic heterocycles. The van der Waals surface area contributed by atoms with Crippen molar-refractivity contribution in [3.63, 3.8) is 0 Å². The number of nitrogens with one attached hydrogen (secondary N) is 2. The van der Waals surface area contributed by atoms with Crippen LogP contribution in [0.15, 0.2) is 29.6 Å². The first-order valence-electron chi connectivity index (χ1n) is 6.24. The SMILES string of the molecule is Cc1ccc(N)c(S(=O)(=O)NCCc2cnc[nH]2)c1C. The van der Waals surface area contributed by atoms with E-state index < -0.39 is 10.0 Å². The molecule has 0 saturated carbocycles. The Morgan fingerprint density at radius 3 is 2.75 bits per heavy atom. The van der Waals surface area contributed by atoms with Gasteiger partial charge in [-0.05, 0) is 31.0 Å². The largest absolute Gasteiger partial charge is 0.398 e. The molecule has 4 N–H and O–H groups in total. The van der Waals surface area contributed by atoms with Crippen LogP contribution in [-0.4, -0.2) is 24.9 Å². The van der Waals surface area contributed by atoms with Crippen molar-refractivity contribution < 1.29 is 8.42 Å². The zero-order valence-corrected chi connectivity index (χ0v) is 12.3. The van der Waals surface area contributed by atoms with E-state index in [1.807, 2.05) is 13.0 Å². The second-order valence-corrected chi connectivity index (χ2v) is 6.35. The number of nitrogen functional groups attached to an aromatic ring is 1. The summed E-state index contributed by atoms with van der Waals surface area (Å²) in [6, 6.07) is 3.43. The van der Waals surface area contributed by atoms with Crippen LogP contribution in [0.5, 0.6) is 0 Å². The molecule has 0 bridgehead atoms. The number of nitrogens with two attached hydrogens (primary N) is 1. The molecule has 1 aromatic heterocycles. The van der Waals surface area contributed by atoms with Crippen LogP contribution in [0.25, 0.3) is 0 Å². The molecule has 2 rings (SSSR count). The van der Waals surface area contributed by atoms with E-state index in [0.717, 1.165) is 11.3 Å². The molecule has 7 heteroatoms. The van der Waals surface area contributed by atoms with E-state index in [0.29, 0.717) is 12.0 Å². The lowest BCUT2D eigenvalue weighted by Gasteiger charge is -2.13. The highest BCUT2D eigenvalue weighted by Crippen LogP contribution is 2.24. The number of aromatic amines is 1. The molecule has 0 fully saturated rings. The number of aryl methyl sites for hydroxylation is 1. The fraction of sp³-hybridized carbons (Fsp3) is 0.308. The predicted molar refractivity (Wildman–Crippen MR) is 77.8 cm³/mol. The minimum atomic E-state index is -3.61. The molecule has 108 valence electrons. The van der Waals surface area contributed by atoms with Crippen LogP contribution < -0.4 is 10.5 Å².